The zero-order valence-electron chi connectivity index (χ0n) is 14.7. The Morgan fingerprint density at radius 2 is 1.92 bits per heavy atom. The summed E-state index contributed by atoms with van der Waals surface area (Å²) < 4.78 is 0. The van der Waals surface area contributed by atoms with Gasteiger partial charge in [-0.05, 0) is 38.1 Å². The van der Waals surface area contributed by atoms with Crippen LogP contribution in [0.5, 0.6) is 0 Å². The van der Waals surface area contributed by atoms with E-state index in [4.69, 9.17) is 17.2 Å². The first-order valence-electron chi connectivity index (χ1n) is 8.65. The monoisotopic (exact) mass is 341 g/mol. The number of amides is 3. The van der Waals surface area contributed by atoms with Gasteiger partial charge in [0.05, 0.1) is 6.04 Å². The van der Waals surface area contributed by atoms with E-state index in [1.807, 2.05) is 0 Å². The molecular formula is C16H31N5O3. The highest BCUT2D eigenvalue weighted by Crippen LogP contribution is 2.20. The number of hydrogen-bond donors (Lipinski definition) is 4. The molecule has 1 aliphatic rings. The second-order valence-electron chi connectivity index (χ2n) is 6.71. The fourth-order valence-electron chi connectivity index (χ4n) is 2.96. The van der Waals surface area contributed by atoms with E-state index < -0.39 is 24.0 Å². The Morgan fingerprint density at radius 1 is 1.25 bits per heavy atom. The predicted molar refractivity (Wildman–Crippen MR) is 91.6 cm³/mol. The van der Waals surface area contributed by atoms with E-state index in [0.29, 0.717) is 25.9 Å². The summed E-state index contributed by atoms with van der Waals surface area (Å²) in [4.78, 5) is 38.0. The second-order valence-corrected chi connectivity index (χ2v) is 6.71. The Labute approximate surface area is 143 Å². The van der Waals surface area contributed by atoms with Crippen LogP contribution in [0.4, 0.5) is 0 Å². The normalized spacial score (nSPS) is 20.0. The smallest absolute Gasteiger partial charge is 0.243 e. The molecule has 24 heavy (non-hydrogen) atoms. The average molecular weight is 341 g/mol. The third-order valence-corrected chi connectivity index (χ3v) is 4.40. The van der Waals surface area contributed by atoms with Crippen molar-refractivity contribution in [1.82, 2.24) is 10.2 Å². The van der Waals surface area contributed by atoms with Crippen LogP contribution in [0, 0.1) is 5.92 Å². The molecule has 0 radical (unpaired) electrons. The lowest BCUT2D eigenvalue weighted by Gasteiger charge is -2.28. The number of likely N-dealkylation sites (tertiary alicyclic amines) is 1. The molecule has 3 unspecified atom stereocenters. The minimum atomic E-state index is -0.742. The lowest BCUT2D eigenvalue weighted by Crippen LogP contribution is -2.55. The van der Waals surface area contributed by atoms with Gasteiger partial charge in [-0.3, -0.25) is 14.4 Å². The standard InChI is InChI=1S/C16H31N5O3/c1-10(2)13(14(19)22)20-15(23)12-7-5-9-21(12)16(24)11(18)6-3-4-8-17/h10-13H,3-9,17-18H2,1-2H3,(H2,19,22)(H,20,23). The van der Waals surface area contributed by atoms with Crippen molar-refractivity contribution in [3.8, 4) is 0 Å². The SMILES string of the molecule is CC(C)C(NC(=O)C1CCCN1C(=O)C(N)CCCCN)C(N)=O. The molecule has 0 aliphatic carbocycles. The molecule has 0 saturated carbocycles. The zero-order chi connectivity index (χ0) is 18.3. The third-order valence-electron chi connectivity index (χ3n) is 4.40. The summed E-state index contributed by atoms with van der Waals surface area (Å²) in [6.07, 6.45) is 3.46. The summed E-state index contributed by atoms with van der Waals surface area (Å²) in [6.45, 7) is 4.69. The van der Waals surface area contributed by atoms with Crippen LogP contribution in [0.25, 0.3) is 0 Å². The van der Waals surface area contributed by atoms with Crippen LogP contribution < -0.4 is 22.5 Å². The topological polar surface area (TPSA) is 145 Å². The minimum Gasteiger partial charge on any atom is -0.368 e. The number of hydrogen-bond acceptors (Lipinski definition) is 5. The van der Waals surface area contributed by atoms with Crippen molar-refractivity contribution in [2.45, 2.75) is 64.1 Å². The van der Waals surface area contributed by atoms with Gasteiger partial charge in [-0.15, -0.1) is 0 Å². The van der Waals surface area contributed by atoms with Crippen molar-refractivity contribution < 1.29 is 14.4 Å². The predicted octanol–water partition coefficient (Wildman–Crippen LogP) is -0.940. The summed E-state index contributed by atoms with van der Waals surface area (Å²) in [5.41, 5.74) is 16.7. The molecule has 7 N–H and O–H groups in total. The molecule has 0 aromatic heterocycles. The van der Waals surface area contributed by atoms with Crippen LogP contribution in [-0.4, -0.2) is 53.8 Å². The lowest BCUT2D eigenvalue weighted by molar-refractivity contribution is -0.140. The number of primary amides is 1. The molecule has 3 amide bonds. The van der Waals surface area contributed by atoms with E-state index in [1.54, 1.807) is 13.8 Å². The molecule has 1 aliphatic heterocycles. The highest BCUT2D eigenvalue weighted by atomic mass is 16.2. The Balaban J connectivity index is 2.68. The largest absolute Gasteiger partial charge is 0.368 e. The zero-order valence-corrected chi connectivity index (χ0v) is 14.7. The fraction of sp³-hybridized carbons (Fsp3) is 0.812. The Morgan fingerprint density at radius 3 is 2.46 bits per heavy atom. The highest BCUT2D eigenvalue weighted by molar-refractivity contribution is 5.93. The minimum absolute atomic E-state index is 0.115. The number of nitrogens with one attached hydrogen (secondary N) is 1. The molecule has 1 fully saturated rings. The molecule has 138 valence electrons. The number of nitrogens with two attached hydrogens (primary N) is 3. The summed E-state index contributed by atoms with van der Waals surface area (Å²) in [5, 5.41) is 2.67. The van der Waals surface area contributed by atoms with Crippen LogP contribution in [0.2, 0.25) is 0 Å². The average Bonchev–Trinajstić information content (AvgIpc) is 3.00. The van der Waals surface area contributed by atoms with Crippen molar-refractivity contribution in [3.05, 3.63) is 0 Å². The summed E-state index contributed by atoms with van der Waals surface area (Å²) in [7, 11) is 0. The van der Waals surface area contributed by atoms with E-state index in [0.717, 1.165) is 19.3 Å². The molecule has 3 atom stereocenters. The van der Waals surface area contributed by atoms with Gasteiger partial charge in [-0.25, -0.2) is 0 Å². The summed E-state index contributed by atoms with van der Waals surface area (Å²) in [5.74, 6) is -1.25. The van der Waals surface area contributed by atoms with Crippen LogP contribution >= 0.6 is 0 Å². The van der Waals surface area contributed by atoms with Crippen molar-refractivity contribution in [2.24, 2.45) is 23.1 Å². The van der Waals surface area contributed by atoms with E-state index in [1.165, 1.54) is 4.90 Å². The first kappa shape index (κ1) is 20.4. The van der Waals surface area contributed by atoms with Crippen LogP contribution in [0.1, 0.15) is 46.0 Å². The maximum atomic E-state index is 12.5. The second kappa shape index (κ2) is 9.58. The quantitative estimate of drug-likeness (QED) is 0.400. The number of rotatable bonds is 9. The van der Waals surface area contributed by atoms with Gasteiger partial charge in [-0.1, -0.05) is 20.3 Å². The van der Waals surface area contributed by atoms with Crippen LogP contribution in [-0.2, 0) is 14.4 Å². The maximum Gasteiger partial charge on any atom is 0.243 e. The van der Waals surface area contributed by atoms with Gasteiger partial charge in [0.1, 0.15) is 12.1 Å². The van der Waals surface area contributed by atoms with Gasteiger partial charge < -0.3 is 27.4 Å². The number of carbonyl (C=O) groups is 3. The highest BCUT2D eigenvalue weighted by Gasteiger charge is 2.37. The van der Waals surface area contributed by atoms with Crippen molar-refractivity contribution in [1.29, 1.82) is 0 Å². The van der Waals surface area contributed by atoms with Gasteiger partial charge in [-0.2, -0.15) is 0 Å². The van der Waals surface area contributed by atoms with Gasteiger partial charge in [0, 0.05) is 6.54 Å². The fourth-order valence-corrected chi connectivity index (χ4v) is 2.96. The van der Waals surface area contributed by atoms with Gasteiger partial charge in [0.25, 0.3) is 0 Å². The first-order chi connectivity index (χ1) is 11.3. The molecule has 0 spiro atoms. The van der Waals surface area contributed by atoms with Crippen molar-refractivity contribution >= 4 is 17.7 Å². The Kier molecular flexibility index (Phi) is 8.14. The Bertz CT molecular complexity index is 455. The molecule has 0 aromatic carbocycles. The van der Waals surface area contributed by atoms with Crippen LogP contribution in [0.15, 0.2) is 0 Å². The molecule has 1 rings (SSSR count). The lowest BCUT2D eigenvalue weighted by atomic mass is 10.0. The molecular weight excluding hydrogens is 310 g/mol. The number of unbranched alkanes of at least 4 members (excludes halogenated alkanes) is 1. The van der Waals surface area contributed by atoms with Crippen molar-refractivity contribution in [2.75, 3.05) is 13.1 Å². The van der Waals surface area contributed by atoms with E-state index in [-0.39, 0.29) is 17.7 Å². The van der Waals surface area contributed by atoms with Gasteiger partial charge in [0.2, 0.25) is 17.7 Å². The summed E-state index contributed by atoms with van der Waals surface area (Å²) >= 11 is 0. The number of carbonyl (C=O) groups excluding carboxylic acids is 3. The summed E-state index contributed by atoms with van der Waals surface area (Å²) in [6, 6.07) is -1.95. The van der Waals surface area contributed by atoms with Gasteiger partial charge >= 0.3 is 0 Å². The Hall–Kier alpha value is -1.67. The van der Waals surface area contributed by atoms with Crippen LogP contribution in [0.3, 0.4) is 0 Å². The van der Waals surface area contributed by atoms with E-state index in [9.17, 15) is 14.4 Å². The maximum absolute atomic E-state index is 12.5. The number of nitrogens with zero attached hydrogens (tertiary/aromatic N) is 1. The first-order valence-corrected chi connectivity index (χ1v) is 8.65. The van der Waals surface area contributed by atoms with E-state index >= 15 is 0 Å². The molecule has 1 saturated heterocycles. The van der Waals surface area contributed by atoms with Gasteiger partial charge in [0.15, 0.2) is 0 Å². The molecule has 8 heteroatoms. The third kappa shape index (κ3) is 5.45. The van der Waals surface area contributed by atoms with E-state index in [2.05, 4.69) is 5.32 Å². The van der Waals surface area contributed by atoms with Crippen molar-refractivity contribution in [3.63, 3.8) is 0 Å². The molecule has 0 aromatic rings. The molecule has 0 bridgehead atoms. The molecule has 8 nitrogen and oxygen atoms in total. The molecule has 1 heterocycles.